The summed E-state index contributed by atoms with van der Waals surface area (Å²) in [6.45, 7) is 8.25. The molecular weight excluding hydrogens is 400 g/mol. The maximum atomic E-state index is 12.6. The van der Waals surface area contributed by atoms with E-state index in [-0.39, 0.29) is 23.1 Å². The second kappa shape index (κ2) is 8.69. The lowest BCUT2D eigenvalue weighted by Crippen LogP contribution is -2.22. The second-order valence-electron chi connectivity index (χ2n) is 9.57. The molecule has 0 aliphatic heterocycles. The van der Waals surface area contributed by atoms with Crippen molar-refractivity contribution in [3.8, 4) is 11.1 Å². The van der Waals surface area contributed by atoms with Gasteiger partial charge in [-0.3, -0.25) is 14.3 Å². The highest BCUT2D eigenvalue weighted by Gasteiger charge is 2.29. The highest BCUT2D eigenvalue weighted by atomic mass is 16.2. The third-order valence-electron chi connectivity index (χ3n) is 5.82. The maximum absolute atomic E-state index is 12.6. The SMILES string of the molecule is Cc1cc(-c2ccnc(NC(=O)C3CC3)c2)ccc1CCC(=O)c1ccn(C(C)(C)C)n1. The van der Waals surface area contributed by atoms with Gasteiger partial charge in [0.25, 0.3) is 0 Å². The molecule has 1 amide bonds. The van der Waals surface area contributed by atoms with Crippen molar-refractivity contribution in [2.75, 3.05) is 5.32 Å². The van der Waals surface area contributed by atoms with Crippen LogP contribution >= 0.6 is 0 Å². The first-order valence-electron chi connectivity index (χ1n) is 11.2. The smallest absolute Gasteiger partial charge is 0.228 e. The van der Waals surface area contributed by atoms with Crippen molar-refractivity contribution in [2.45, 2.75) is 58.9 Å². The van der Waals surface area contributed by atoms with Crippen molar-refractivity contribution in [1.29, 1.82) is 0 Å². The Morgan fingerprint density at radius 3 is 2.50 bits per heavy atom. The molecule has 1 N–H and O–H groups in total. The third kappa shape index (κ3) is 5.13. The molecular formula is C26H30N4O2. The molecule has 1 fully saturated rings. The van der Waals surface area contributed by atoms with Gasteiger partial charge in [-0.05, 0) is 87.4 Å². The minimum absolute atomic E-state index is 0.0539. The number of anilines is 1. The van der Waals surface area contributed by atoms with Gasteiger partial charge >= 0.3 is 0 Å². The Morgan fingerprint density at radius 1 is 1.09 bits per heavy atom. The van der Waals surface area contributed by atoms with Crippen LogP contribution in [0.4, 0.5) is 5.82 Å². The van der Waals surface area contributed by atoms with Crippen LogP contribution in [0.2, 0.25) is 0 Å². The summed E-state index contributed by atoms with van der Waals surface area (Å²) in [5, 5.41) is 7.35. The number of Topliss-reactive ketones (excluding diaryl/α,β-unsaturated/α-hetero) is 1. The Balaban J connectivity index is 1.41. The Labute approximate surface area is 189 Å². The highest BCUT2D eigenvalue weighted by Crippen LogP contribution is 2.30. The predicted octanol–water partition coefficient (Wildman–Crippen LogP) is 5.17. The number of hydrogen-bond acceptors (Lipinski definition) is 4. The van der Waals surface area contributed by atoms with E-state index in [2.05, 4.69) is 61.3 Å². The number of aromatic nitrogens is 3. The van der Waals surface area contributed by atoms with Crippen LogP contribution in [-0.2, 0) is 16.8 Å². The average molecular weight is 431 g/mol. The number of carbonyl (C=O) groups excluding carboxylic acids is 2. The lowest BCUT2D eigenvalue weighted by molar-refractivity contribution is -0.117. The zero-order chi connectivity index (χ0) is 22.9. The van der Waals surface area contributed by atoms with Gasteiger partial charge in [0.15, 0.2) is 5.78 Å². The van der Waals surface area contributed by atoms with Gasteiger partial charge in [0.2, 0.25) is 5.91 Å². The number of amides is 1. The van der Waals surface area contributed by atoms with E-state index in [4.69, 9.17) is 0 Å². The van der Waals surface area contributed by atoms with Crippen LogP contribution < -0.4 is 5.32 Å². The summed E-state index contributed by atoms with van der Waals surface area (Å²) in [6, 6.07) is 11.9. The Bertz CT molecular complexity index is 1150. The second-order valence-corrected chi connectivity index (χ2v) is 9.57. The summed E-state index contributed by atoms with van der Waals surface area (Å²) < 4.78 is 1.83. The van der Waals surface area contributed by atoms with Gasteiger partial charge in [0.05, 0.1) is 5.54 Å². The normalized spacial score (nSPS) is 13.8. The zero-order valence-electron chi connectivity index (χ0n) is 19.2. The average Bonchev–Trinajstić information content (AvgIpc) is 3.48. The molecule has 6 nitrogen and oxygen atoms in total. The molecule has 0 unspecified atom stereocenters. The highest BCUT2D eigenvalue weighted by molar-refractivity contribution is 5.94. The first-order chi connectivity index (χ1) is 15.2. The molecule has 166 valence electrons. The maximum Gasteiger partial charge on any atom is 0.228 e. The molecule has 2 heterocycles. The molecule has 0 radical (unpaired) electrons. The van der Waals surface area contributed by atoms with E-state index in [1.165, 1.54) is 0 Å². The molecule has 0 bridgehead atoms. The van der Waals surface area contributed by atoms with Gasteiger partial charge in [0, 0.05) is 24.7 Å². The number of ketones is 1. The molecule has 1 saturated carbocycles. The fourth-order valence-corrected chi connectivity index (χ4v) is 3.63. The monoisotopic (exact) mass is 430 g/mol. The lowest BCUT2D eigenvalue weighted by atomic mass is 9.97. The molecule has 6 heteroatoms. The van der Waals surface area contributed by atoms with Gasteiger partial charge < -0.3 is 5.32 Å². The van der Waals surface area contributed by atoms with Crippen LogP contribution in [0.15, 0.2) is 48.8 Å². The van der Waals surface area contributed by atoms with Crippen molar-refractivity contribution in [2.24, 2.45) is 5.92 Å². The van der Waals surface area contributed by atoms with E-state index in [1.807, 2.05) is 23.0 Å². The molecule has 1 aliphatic carbocycles. The third-order valence-corrected chi connectivity index (χ3v) is 5.82. The van der Waals surface area contributed by atoms with Crippen LogP contribution in [0.25, 0.3) is 11.1 Å². The molecule has 2 aromatic heterocycles. The van der Waals surface area contributed by atoms with E-state index < -0.39 is 0 Å². The van der Waals surface area contributed by atoms with E-state index in [9.17, 15) is 9.59 Å². The van der Waals surface area contributed by atoms with E-state index >= 15 is 0 Å². The number of nitrogens with zero attached hydrogens (tertiary/aromatic N) is 3. The molecule has 1 aliphatic rings. The molecule has 1 aromatic carbocycles. The number of rotatable bonds is 7. The minimum atomic E-state index is -0.140. The Hall–Kier alpha value is -3.28. The zero-order valence-corrected chi connectivity index (χ0v) is 19.2. The van der Waals surface area contributed by atoms with Crippen molar-refractivity contribution < 1.29 is 9.59 Å². The van der Waals surface area contributed by atoms with Crippen molar-refractivity contribution in [3.05, 3.63) is 65.6 Å². The summed E-state index contributed by atoms with van der Waals surface area (Å²) >= 11 is 0. The number of nitrogens with one attached hydrogen (secondary N) is 1. The van der Waals surface area contributed by atoms with E-state index in [0.717, 1.165) is 35.1 Å². The first kappa shape index (κ1) is 21.9. The van der Waals surface area contributed by atoms with Crippen LogP contribution in [0.3, 0.4) is 0 Å². The number of carbonyl (C=O) groups is 2. The van der Waals surface area contributed by atoms with Crippen LogP contribution in [0.1, 0.15) is 61.6 Å². The summed E-state index contributed by atoms with van der Waals surface area (Å²) in [7, 11) is 0. The number of hydrogen-bond donors (Lipinski definition) is 1. The Morgan fingerprint density at radius 2 is 1.84 bits per heavy atom. The standard InChI is InChI=1S/C26H30N4O2/c1-17-15-20(21-11-13-27-24(16-21)28-25(32)19-6-7-19)8-5-18(17)9-10-23(31)22-12-14-30(29-22)26(2,3)4/h5,8,11-16,19H,6-7,9-10H2,1-4H3,(H,27,28,32). The summed E-state index contributed by atoms with van der Waals surface area (Å²) in [4.78, 5) is 28.9. The fraction of sp³-hybridized carbons (Fsp3) is 0.385. The minimum Gasteiger partial charge on any atom is -0.310 e. The predicted molar refractivity (Wildman–Crippen MR) is 126 cm³/mol. The van der Waals surface area contributed by atoms with Crippen LogP contribution in [-0.4, -0.2) is 26.5 Å². The number of benzene rings is 1. The number of aryl methyl sites for hydroxylation is 2. The van der Waals surface area contributed by atoms with E-state index in [0.29, 0.717) is 24.4 Å². The van der Waals surface area contributed by atoms with Crippen LogP contribution in [0, 0.1) is 12.8 Å². The number of pyridine rings is 1. The van der Waals surface area contributed by atoms with Crippen LogP contribution in [0.5, 0.6) is 0 Å². The molecule has 0 saturated heterocycles. The van der Waals surface area contributed by atoms with Crippen molar-refractivity contribution in [1.82, 2.24) is 14.8 Å². The quantitative estimate of drug-likeness (QED) is 0.525. The first-order valence-corrected chi connectivity index (χ1v) is 11.2. The van der Waals surface area contributed by atoms with Crippen molar-refractivity contribution in [3.63, 3.8) is 0 Å². The van der Waals surface area contributed by atoms with Gasteiger partial charge in [-0.25, -0.2) is 4.98 Å². The van der Waals surface area contributed by atoms with E-state index in [1.54, 1.807) is 12.3 Å². The van der Waals surface area contributed by atoms with Crippen molar-refractivity contribution >= 4 is 17.5 Å². The fourth-order valence-electron chi connectivity index (χ4n) is 3.63. The molecule has 3 aromatic rings. The Kier molecular flexibility index (Phi) is 5.96. The molecule has 4 rings (SSSR count). The van der Waals surface area contributed by atoms with Gasteiger partial charge in [-0.2, -0.15) is 5.10 Å². The van der Waals surface area contributed by atoms with Gasteiger partial charge in [-0.15, -0.1) is 0 Å². The largest absolute Gasteiger partial charge is 0.310 e. The summed E-state index contributed by atoms with van der Waals surface area (Å²) in [6.07, 6.45) is 6.61. The van der Waals surface area contributed by atoms with Gasteiger partial charge in [0.1, 0.15) is 11.5 Å². The summed E-state index contributed by atoms with van der Waals surface area (Å²) in [5.41, 5.74) is 4.73. The lowest BCUT2D eigenvalue weighted by Gasteiger charge is -2.18. The molecule has 32 heavy (non-hydrogen) atoms. The summed E-state index contributed by atoms with van der Waals surface area (Å²) in [5.74, 6) is 0.841. The molecule has 0 atom stereocenters. The molecule has 0 spiro atoms. The topological polar surface area (TPSA) is 76.9 Å². The van der Waals surface area contributed by atoms with Gasteiger partial charge in [-0.1, -0.05) is 18.2 Å².